The lowest BCUT2D eigenvalue weighted by Crippen LogP contribution is -2.38. The Kier molecular flexibility index (Phi) is 29.1. The Morgan fingerprint density at radius 2 is 0.975 bits per heavy atom. The zero-order chi connectivity index (χ0) is 58.5. The molecule has 2 fully saturated rings. The number of piperidine rings is 2. The number of sulfonamides is 2. The number of halogens is 1. The zero-order valence-corrected chi connectivity index (χ0v) is 52.9. The van der Waals surface area contributed by atoms with Gasteiger partial charge in [0.1, 0.15) is 18.1 Å². The van der Waals surface area contributed by atoms with E-state index in [1.165, 1.54) is 108 Å². The minimum absolute atomic E-state index is 0. The van der Waals surface area contributed by atoms with Crippen LogP contribution in [0.3, 0.4) is 0 Å². The number of ether oxygens (including phenoxy) is 3. The SMILES string of the molecule is CCN(CC)CC1CCN(c2ccc(N(C)C(=O)CCN(C)S(=O)(=O)c3c(C)cc(OC)cc3C)cc2)CC1.CCN(CC)CC1CCN(c2ccc(NC)cc2)CC1.COc1cc(C)c(S(=O)(=O)N(C)CCOC=O)c(C)c1.Cl. The van der Waals surface area contributed by atoms with E-state index < -0.39 is 20.0 Å². The molecule has 0 radical (unpaired) electrons. The number of anilines is 4. The van der Waals surface area contributed by atoms with Crippen molar-refractivity contribution in [2.45, 2.75) is 97.3 Å². The Bertz CT molecular complexity index is 2680. The van der Waals surface area contributed by atoms with Gasteiger partial charge in [-0.15, -0.1) is 12.4 Å². The molecule has 0 atom stereocenters. The monoisotopic (exact) mass is 1170 g/mol. The van der Waals surface area contributed by atoms with Gasteiger partial charge < -0.3 is 44.0 Å². The molecule has 2 aliphatic heterocycles. The number of hydrogen-bond donors (Lipinski definition) is 1. The van der Waals surface area contributed by atoms with Crippen molar-refractivity contribution in [3.05, 3.63) is 95.1 Å². The number of likely N-dealkylation sites (N-methyl/N-ethyl adjacent to an activating group) is 1. The molecule has 80 heavy (non-hydrogen) atoms. The van der Waals surface area contributed by atoms with Crippen molar-refractivity contribution in [2.75, 3.05) is 148 Å². The van der Waals surface area contributed by atoms with Crippen molar-refractivity contribution in [2.24, 2.45) is 11.8 Å². The van der Waals surface area contributed by atoms with Crippen LogP contribution in [0.4, 0.5) is 22.7 Å². The summed E-state index contributed by atoms with van der Waals surface area (Å²) in [5, 5.41) is 3.17. The first-order chi connectivity index (χ1) is 37.6. The Morgan fingerprint density at radius 1 is 0.613 bits per heavy atom. The van der Waals surface area contributed by atoms with Gasteiger partial charge in [0.25, 0.3) is 6.47 Å². The fourth-order valence-corrected chi connectivity index (χ4v) is 13.5. The van der Waals surface area contributed by atoms with E-state index in [-0.39, 0.29) is 54.2 Å². The fourth-order valence-electron chi connectivity index (χ4n) is 10.4. The number of methoxy groups -OCH3 is 2. The summed E-state index contributed by atoms with van der Waals surface area (Å²) in [7, 11) is 2.40. The second kappa shape index (κ2) is 33.7. The molecule has 0 aliphatic carbocycles. The van der Waals surface area contributed by atoms with Gasteiger partial charge in [0.15, 0.2) is 0 Å². The molecule has 2 saturated heterocycles. The summed E-state index contributed by atoms with van der Waals surface area (Å²) in [5.41, 5.74) is 7.00. The predicted molar refractivity (Wildman–Crippen MR) is 330 cm³/mol. The number of carbonyl (C=O) groups excluding carboxylic acids is 2. The molecule has 448 valence electrons. The van der Waals surface area contributed by atoms with E-state index in [9.17, 15) is 26.4 Å². The van der Waals surface area contributed by atoms with E-state index in [0.29, 0.717) is 40.2 Å². The topological polar surface area (TPSA) is 165 Å². The fraction of sp³-hybridized carbons (Fsp3) is 0.567. The van der Waals surface area contributed by atoms with E-state index in [4.69, 9.17) is 9.47 Å². The largest absolute Gasteiger partial charge is 0.497 e. The highest BCUT2D eigenvalue weighted by atomic mass is 35.5. The molecule has 1 amide bonds. The maximum absolute atomic E-state index is 13.3. The maximum Gasteiger partial charge on any atom is 0.293 e. The second-order valence-electron chi connectivity index (χ2n) is 20.6. The molecule has 4 aromatic carbocycles. The van der Waals surface area contributed by atoms with Crippen LogP contribution < -0.4 is 29.5 Å². The normalized spacial score (nSPS) is 14.2. The lowest BCUT2D eigenvalue weighted by Gasteiger charge is -2.35. The van der Waals surface area contributed by atoms with Gasteiger partial charge in [-0.1, -0.05) is 27.7 Å². The number of aryl methyl sites for hydroxylation is 4. The molecular weight excluding hydrogens is 1080 g/mol. The predicted octanol–water partition coefficient (Wildman–Crippen LogP) is 9.36. The molecule has 4 aromatic rings. The number of benzene rings is 4. The number of amides is 1. The van der Waals surface area contributed by atoms with Crippen LogP contribution in [0.1, 0.15) is 82.1 Å². The summed E-state index contributed by atoms with van der Waals surface area (Å²) in [4.78, 5) is 35.2. The molecule has 0 unspecified atom stereocenters. The number of carbonyl (C=O) groups is 2. The van der Waals surface area contributed by atoms with Crippen LogP contribution in [0.2, 0.25) is 0 Å². The van der Waals surface area contributed by atoms with Crippen LogP contribution in [0.5, 0.6) is 11.5 Å². The molecular formula is C60H95ClN8O9S2. The van der Waals surface area contributed by atoms with Crippen LogP contribution in [0.25, 0.3) is 0 Å². The van der Waals surface area contributed by atoms with Crippen LogP contribution in [-0.2, 0) is 34.4 Å². The van der Waals surface area contributed by atoms with Crippen molar-refractivity contribution >= 4 is 67.6 Å². The standard InChI is InChI=1S/C30H46N4O4S.C17H29N3.C13H19NO5S.ClH/c1-8-33(9-2)22-25-14-18-34(19-15-25)27-12-10-26(11-13-27)32(6)29(35)16-17-31(5)39(36,37)30-23(3)20-28(38-7)21-24(30)4;1-4-19(5-2)14-15-10-12-20(13-11-15)17-8-6-16(18-3)7-9-17;1-10-7-12(18-4)8-11(2)13(10)20(16,17)14(3)5-6-19-9-15;/h10-13,20-21,25H,8-9,14-19,22H2,1-7H3;6-9,15,18H,4-5,10-14H2,1-3H3;7-9H,5-6H2,1-4H3;1H. The minimum atomic E-state index is -3.74. The summed E-state index contributed by atoms with van der Waals surface area (Å²) in [6, 6.07) is 23.7. The molecule has 6 rings (SSSR count). The van der Waals surface area contributed by atoms with Gasteiger partial charge in [0, 0.05) is 110 Å². The van der Waals surface area contributed by atoms with Crippen LogP contribution in [0.15, 0.2) is 82.6 Å². The number of nitrogens with zero attached hydrogens (tertiary/aromatic N) is 7. The van der Waals surface area contributed by atoms with E-state index in [1.54, 1.807) is 71.0 Å². The number of rotatable bonds is 25. The van der Waals surface area contributed by atoms with Crippen LogP contribution >= 0.6 is 12.4 Å². The average molecular weight is 1170 g/mol. The Hall–Kier alpha value is -5.15. The smallest absolute Gasteiger partial charge is 0.293 e. The molecule has 17 nitrogen and oxygen atoms in total. The third kappa shape index (κ3) is 19.5. The zero-order valence-electron chi connectivity index (χ0n) is 50.4. The molecule has 0 aromatic heterocycles. The average Bonchev–Trinajstić information content (AvgIpc) is 3.57. The van der Waals surface area contributed by atoms with Gasteiger partial charge in [-0.2, -0.15) is 4.31 Å². The summed E-state index contributed by atoms with van der Waals surface area (Å²) in [6.07, 6.45) is 5.13. The van der Waals surface area contributed by atoms with Gasteiger partial charge in [-0.3, -0.25) is 9.59 Å². The van der Waals surface area contributed by atoms with E-state index in [0.717, 1.165) is 48.0 Å². The highest BCUT2D eigenvalue weighted by Gasteiger charge is 2.28. The van der Waals surface area contributed by atoms with Crippen molar-refractivity contribution in [1.29, 1.82) is 0 Å². The lowest BCUT2D eigenvalue weighted by atomic mass is 9.95. The van der Waals surface area contributed by atoms with Gasteiger partial charge in [-0.05, 0) is 186 Å². The first-order valence-corrected chi connectivity index (χ1v) is 30.9. The summed E-state index contributed by atoms with van der Waals surface area (Å²) in [5.74, 6) is 2.73. The molecule has 0 bridgehead atoms. The highest BCUT2D eigenvalue weighted by Crippen LogP contribution is 2.31. The molecule has 0 saturated carbocycles. The number of nitrogens with one attached hydrogen (secondary N) is 1. The maximum atomic E-state index is 13.3. The second-order valence-corrected chi connectivity index (χ2v) is 24.6. The first kappa shape index (κ1) is 69.1. The third-order valence-corrected chi connectivity index (χ3v) is 19.8. The minimum Gasteiger partial charge on any atom is -0.497 e. The summed E-state index contributed by atoms with van der Waals surface area (Å²) in [6.45, 7) is 28.0. The number of hydrogen-bond acceptors (Lipinski definition) is 14. The molecule has 0 spiro atoms. The Morgan fingerprint density at radius 3 is 1.31 bits per heavy atom. The van der Waals surface area contributed by atoms with Crippen LogP contribution in [0, 0.1) is 39.5 Å². The van der Waals surface area contributed by atoms with E-state index in [1.807, 2.05) is 19.2 Å². The third-order valence-electron chi connectivity index (χ3n) is 15.5. The first-order valence-electron chi connectivity index (χ1n) is 28.0. The van der Waals surface area contributed by atoms with Gasteiger partial charge in [0.2, 0.25) is 26.0 Å². The van der Waals surface area contributed by atoms with Crippen molar-refractivity contribution < 1.29 is 40.6 Å². The lowest BCUT2D eigenvalue weighted by molar-refractivity contribution is -0.128. The highest BCUT2D eigenvalue weighted by molar-refractivity contribution is 7.89. The van der Waals surface area contributed by atoms with Crippen molar-refractivity contribution in [1.82, 2.24) is 18.4 Å². The molecule has 20 heteroatoms. The molecule has 2 heterocycles. The van der Waals surface area contributed by atoms with Crippen LogP contribution in [-0.4, -0.2) is 175 Å². The molecule has 1 N–H and O–H groups in total. The van der Waals surface area contributed by atoms with Crippen molar-refractivity contribution in [3.8, 4) is 11.5 Å². The van der Waals surface area contributed by atoms with Gasteiger partial charge in [0.05, 0.1) is 24.0 Å². The molecule has 2 aliphatic rings. The Labute approximate surface area is 487 Å². The van der Waals surface area contributed by atoms with Gasteiger partial charge >= 0.3 is 0 Å². The van der Waals surface area contributed by atoms with E-state index in [2.05, 4.69) is 93.7 Å². The van der Waals surface area contributed by atoms with Crippen molar-refractivity contribution in [3.63, 3.8) is 0 Å². The Balaban J connectivity index is 0.000000345. The summed E-state index contributed by atoms with van der Waals surface area (Å²) < 4.78 is 68.9. The van der Waals surface area contributed by atoms with Gasteiger partial charge in [-0.25, -0.2) is 21.1 Å². The quantitative estimate of drug-likeness (QED) is 0.0493. The summed E-state index contributed by atoms with van der Waals surface area (Å²) >= 11 is 0. The van der Waals surface area contributed by atoms with E-state index >= 15 is 0 Å².